The molecule has 0 unspecified atom stereocenters. The first-order chi connectivity index (χ1) is 11.9. The Hall–Kier alpha value is -1.44. The van der Waals surface area contributed by atoms with Crippen molar-refractivity contribution < 1.29 is 9.84 Å². The van der Waals surface area contributed by atoms with Crippen molar-refractivity contribution in [2.24, 2.45) is 5.92 Å². The Labute approximate surface area is 153 Å². The lowest BCUT2D eigenvalue weighted by molar-refractivity contribution is 0.00744. The summed E-state index contributed by atoms with van der Waals surface area (Å²) in [5, 5.41) is 11.2. The zero-order valence-corrected chi connectivity index (χ0v) is 16.6. The minimum absolute atomic E-state index is 0.185. The molecule has 25 heavy (non-hydrogen) atoms. The predicted molar refractivity (Wildman–Crippen MR) is 105 cm³/mol. The Bertz CT molecular complexity index is 669. The van der Waals surface area contributed by atoms with Gasteiger partial charge >= 0.3 is 0 Å². The molecule has 0 spiro atoms. The number of phenolic OH excluding ortho intramolecular Hbond substituents is 1. The van der Waals surface area contributed by atoms with Gasteiger partial charge in [0.25, 0.3) is 0 Å². The van der Waals surface area contributed by atoms with E-state index in [0.29, 0.717) is 17.6 Å². The van der Waals surface area contributed by atoms with E-state index in [1.165, 1.54) is 30.4 Å². The molecular weight excluding hydrogens is 308 g/mol. The fourth-order valence-corrected chi connectivity index (χ4v) is 4.88. The van der Waals surface area contributed by atoms with Crippen LogP contribution in [-0.4, -0.2) is 10.7 Å². The number of fused-ring (bicyclic) bond motifs is 3. The lowest BCUT2D eigenvalue weighted by atomic mass is 9.66. The normalized spacial score (nSPS) is 24.1. The predicted octanol–water partition coefficient (Wildman–Crippen LogP) is 6.30. The fourth-order valence-electron chi connectivity index (χ4n) is 4.88. The zero-order chi connectivity index (χ0) is 18.2. The number of rotatable bonds is 5. The number of aromatic hydroxyl groups is 1. The van der Waals surface area contributed by atoms with Crippen LogP contribution in [0.15, 0.2) is 17.7 Å². The van der Waals surface area contributed by atoms with E-state index in [4.69, 9.17) is 4.74 Å². The molecule has 1 heterocycles. The Morgan fingerprint density at radius 2 is 2.00 bits per heavy atom. The van der Waals surface area contributed by atoms with E-state index < -0.39 is 0 Å². The third-order valence-electron chi connectivity index (χ3n) is 6.29. The van der Waals surface area contributed by atoms with Crippen molar-refractivity contribution in [2.45, 2.75) is 91.1 Å². The number of ether oxygens (including phenoxy) is 1. The van der Waals surface area contributed by atoms with Gasteiger partial charge in [-0.15, -0.1) is 0 Å². The van der Waals surface area contributed by atoms with Gasteiger partial charge in [-0.1, -0.05) is 38.3 Å². The maximum atomic E-state index is 11.2. The van der Waals surface area contributed by atoms with Crippen LogP contribution >= 0.6 is 0 Å². The van der Waals surface area contributed by atoms with Crippen LogP contribution in [0.5, 0.6) is 11.5 Å². The average molecular weight is 343 g/mol. The van der Waals surface area contributed by atoms with Gasteiger partial charge in [-0.05, 0) is 70.1 Å². The zero-order valence-electron chi connectivity index (χ0n) is 16.6. The van der Waals surface area contributed by atoms with Crippen LogP contribution in [0.1, 0.15) is 89.3 Å². The summed E-state index contributed by atoms with van der Waals surface area (Å²) in [7, 11) is 0. The molecule has 0 amide bonds. The highest BCUT2D eigenvalue weighted by Gasteiger charge is 2.46. The van der Waals surface area contributed by atoms with Crippen molar-refractivity contribution in [1.82, 2.24) is 0 Å². The largest absolute Gasteiger partial charge is 0.507 e. The maximum absolute atomic E-state index is 11.2. The van der Waals surface area contributed by atoms with E-state index in [9.17, 15) is 5.11 Å². The molecule has 0 aromatic heterocycles. The maximum Gasteiger partial charge on any atom is 0.127 e. The van der Waals surface area contributed by atoms with Crippen molar-refractivity contribution >= 4 is 0 Å². The number of hydrogen-bond acceptors (Lipinski definition) is 2. The number of phenols is 1. The molecule has 0 saturated heterocycles. The van der Waals surface area contributed by atoms with Crippen molar-refractivity contribution in [2.75, 3.05) is 0 Å². The highest BCUT2D eigenvalue weighted by Crippen LogP contribution is 2.55. The summed E-state index contributed by atoms with van der Waals surface area (Å²) >= 11 is 0. The molecule has 2 heteroatoms. The average Bonchev–Trinajstić information content (AvgIpc) is 2.54. The Kier molecular flexibility index (Phi) is 5.18. The summed E-state index contributed by atoms with van der Waals surface area (Å²) in [5.74, 6) is 2.26. The Morgan fingerprint density at radius 1 is 1.24 bits per heavy atom. The second-order valence-electron chi connectivity index (χ2n) is 8.49. The van der Waals surface area contributed by atoms with Gasteiger partial charge in [-0.3, -0.25) is 0 Å². The van der Waals surface area contributed by atoms with Crippen molar-refractivity contribution in [3.05, 3.63) is 34.4 Å². The Balaban J connectivity index is 2.07. The van der Waals surface area contributed by atoms with E-state index in [-0.39, 0.29) is 5.60 Å². The van der Waals surface area contributed by atoms with E-state index in [2.05, 4.69) is 46.8 Å². The molecule has 0 bridgehead atoms. The minimum atomic E-state index is -0.185. The molecular formula is C23H34O2. The number of unbranched alkanes of at least 4 members (excludes halogenated alkanes) is 2. The Morgan fingerprint density at radius 3 is 2.68 bits per heavy atom. The third-order valence-corrected chi connectivity index (χ3v) is 6.29. The van der Waals surface area contributed by atoms with Crippen molar-refractivity contribution in [3.8, 4) is 11.5 Å². The topological polar surface area (TPSA) is 29.5 Å². The summed E-state index contributed by atoms with van der Waals surface area (Å²) < 4.78 is 6.46. The van der Waals surface area contributed by atoms with Crippen LogP contribution in [0.2, 0.25) is 0 Å². The van der Waals surface area contributed by atoms with Crippen LogP contribution in [0.25, 0.3) is 0 Å². The molecule has 138 valence electrons. The highest BCUT2D eigenvalue weighted by atomic mass is 16.5. The van der Waals surface area contributed by atoms with Crippen LogP contribution in [-0.2, 0) is 12.8 Å². The first kappa shape index (κ1) is 18.4. The molecule has 1 aliphatic carbocycles. The van der Waals surface area contributed by atoms with Crippen LogP contribution in [0.3, 0.4) is 0 Å². The van der Waals surface area contributed by atoms with Crippen LogP contribution in [0, 0.1) is 5.92 Å². The molecule has 1 aromatic carbocycles. The van der Waals surface area contributed by atoms with Gasteiger partial charge in [0.05, 0.1) is 0 Å². The van der Waals surface area contributed by atoms with Crippen LogP contribution in [0.4, 0.5) is 0 Å². The second-order valence-corrected chi connectivity index (χ2v) is 8.49. The molecule has 2 atom stereocenters. The molecule has 0 saturated carbocycles. The summed E-state index contributed by atoms with van der Waals surface area (Å²) in [5.41, 5.74) is 4.76. The molecule has 0 fully saturated rings. The number of aryl methyl sites for hydroxylation is 1. The first-order valence-electron chi connectivity index (χ1n) is 10.1. The molecule has 2 nitrogen and oxygen atoms in total. The molecule has 1 aliphatic heterocycles. The SMILES string of the molecule is CCCCCc1cc2c(c(O)c1CC)[C@@H]1CC(C)=CC[C@H]1C(C)(C)O2. The number of hydrogen-bond donors (Lipinski definition) is 1. The van der Waals surface area contributed by atoms with E-state index in [0.717, 1.165) is 42.6 Å². The molecule has 3 rings (SSSR count). The summed E-state index contributed by atoms with van der Waals surface area (Å²) in [6.07, 6.45) is 10.00. The second kappa shape index (κ2) is 7.05. The first-order valence-corrected chi connectivity index (χ1v) is 10.1. The van der Waals surface area contributed by atoms with Crippen molar-refractivity contribution in [1.29, 1.82) is 0 Å². The number of allylic oxidation sites excluding steroid dienone is 2. The smallest absolute Gasteiger partial charge is 0.127 e. The monoisotopic (exact) mass is 342 g/mol. The molecule has 2 aliphatic rings. The van der Waals surface area contributed by atoms with Gasteiger partial charge < -0.3 is 9.84 Å². The highest BCUT2D eigenvalue weighted by molar-refractivity contribution is 5.57. The lowest BCUT2D eigenvalue weighted by Crippen LogP contribution is -2.45. The van der Waals surface area contributed by atoms with Gasteiger partial charge in [0.1, 0.15) is 17.1 Å². The fraction of sp³-hybridized carbons (Fsp3) is 0.652. The van der Waals surface area contributed by atoms with Gasteiger partial charge in [0, 0.05) is 17.4 Å². The number of benzene rings is 1. The third kappa shape index (κ3) is 3.32. The molecule has 1 aromatic rings. The van der Waals surface area contributed by atoms with E-state index in [1.807, 2.05) is 0 Å². The minimum Gasteiger partial charge on any atom is -0.507 e. The van der Waals surface area contributed by atoms with E-state index in [1.54, 1.807) is 0 Å². The quantitative estimate of drug-likeness (QED) is 0.503. The summed E-state index contributed by atoms with van der Waals surface area (Å²) in [6, 6.07) is 2.25. The standard InChI is InChI=1S/C23H34O2/c1-6-8-9-10-16-14-20-21(22(24)17(16)7-2)18-13-15(3)11-12-19(18)23(4,5)25-20/h11,14,18-19,24H,6-10,12-13H2,1-5H3/t18-,19-/m1/s1. The lowest BCUT2D eigenvalue weighted by Gasteiger charge is -2.47. The van der Waals surface area contributed by atoms with E-state index >= 15 is 0 Å². The summed E-state index contributed by atoms with van der Waals surface area (Å²) in [4.78, 5) is 0. The molecule has 0 radical (unpaired) electrons. The molecule has 1 N–H and O–H groups in total. The van der Waals surface area contributed by atoms with Crippen LogP contribution < -0.4 is 4.74 Å². The van der Waals surface area contributed by atoms with Crippen molar-refractivity contribution in [3.63, 3.8) is 0 Å². The van der Waals surface area contributed by atoms with Gasteiger partial charge in [-0.25, -0.2) is 0 Å². The van der Waals surface area contributed by atoms with Gasteiger partial charge in [-0.2, -0.15) is 0 Å². The van der Waals surface area contributed by atoms with Gasteiger partial charge in [0.15, 0.2) is 0 Å². The summed E-state index contributed by atoms with van der Waals surface area (Å²) in [6.45, 7) is 11.0. The van der Waals surface area contributed by atoms with Gasteiger partial charge in [0.2, 0.25) is 0 Å².